The van der Waals surface area contributed by atoms with Crippen molar-refractivity contribution >= 4 is 23.2 Å². The third-order valence-electron chi connectivity index (χ3n) is 5.36. The third kappa shape index (κ3) is 2.64. The van der Waals surface area contributed by atoms with E-state index in [-0.39, 0.29) is 18.4 Å². The number of aliphatic carboxylic acids is 1. The monoisotopic (exact) mass is 376 g/mol. The van der Waals surface area contributed by atoms with E-state index in [0.29, 0.717) is 47.5 Å². The number of nitrogens with zero attached hydrogens (tertiary/aromatic N) is 2. The average Bonchev–Trinajstić information content (AvgIpc) is 3.30. The highest BCUT2D eigenvalue weighted by Gasteiger charge is 2.55. The first-order chi connectivity index (χ1) is 12.4. The van der Waals surface area contributed by atoms with Crippen LogP contribution in [0.4, 0.5) is 0 Å². The molecule has 0 radical (unpaired) electrons. The number of likely N-dealkylation sites (tertiary alicyclic amines) is 1. The number of hydrogen-bond acceptors (Lipinski definition) is 6. The summed E-state index contributed by atoms with van der Waals surface area (Å²) >= 11 is 1.29. The number of rotatable bonds is 3. The highest BCUT2D eigenvalue weighted by atomic mass is 32.1. The van der Waals surface area contributed by atoms with E-state index in [2.05, 4.69) is 4.98 Å². The Kier molecular flexibility index (Phi) is 4.11. The van der Waals surface area contributed by atoms with Crippen LogP contribution in [0.3, 0.4) is 0 Å². The molecule has 0 saturated carbocycles. The summed E-state index contributed by atoms with van der Waals surface area (Å²) in [5, 5.41) is 10.4. The van der Waals surface area contributed by atoms with Crippen LogP contribution in [0.15, 0.2) is 16.5 Å². The Balaban J connectivity index is 1.61. The Labute approximate surface area is 154 Å². The van der Waals surface area contributed by atoms with Crippen LogP contribution in [0.25, 0.3) is 10.8 Å². The molecule has 2 aliphatic rings. The molecule has 2 saturated heterocycles. The summed E-state index contributed by atoms with van der Waals surface area (Å²) in [4.78, 5) is 31.6. The normalized spacial score (nSPS) is 25.3. The van der Waals surface area contributed by atoms with Gasteiger partial charge in [-0.1, -0.05) is 0 Å². The van der Waals surface area contributed by atoms with Gasteiger partial charge >= 0.3 is 5.97 Å². The molecule has 0 aliphatic carbocycles. The van der Waals surface area contributed by atoms with Crippen LogP contribution in [0.2, 0.25) is 0 Å². The molecule has 2 aromatic heterocycles. The van der Waals surface area contributed by atoms with Crippen molar-refractivity contribution in [2.45, 2.75) is 20.3 Å². The van der Waals surface area contributed by atoms with Crippen LogP contribution >= 0.6 is 11.3 Å². The summed E-state index contributed by atoms with van der Waals surface area (Å²) in [6.45, 7) is 5.08. The molecule has 2 fully saturated rings. The number of furan rings is 1. The number of aryl methyl sites for hydroxylation is 2. The van der Waals surface area contributed by atoms with E-state index < -0.39 is 11.4 Å². The summed E-state index contributed by atoms with van der Waals surface area (Å²) in [5.41, 5.74) is -0.257. The maximum absolute atomic E-state index is 13.1. The minimum Gasteiger partial charge on any atom is -0.481 e. The molecule has 2 atom stereocenters. The maximum Gasteiger partial charge on any atom is 0.311 e. The number of carbonyl (C=O) groups is 2. The standard InChI is InChI=1S/C18H20N2O5S/c1-10-3-4-13(25-10)15-19-11(2)14(26-15)16(21)20-7-12-8-24-6-5-18(12,9-20)17(22)23/h3-4,12H,5-9H2,1-2H3,(H,22,23)/t12-,18+/m0/s1. The molecule has 1 N–H and O–H groups in total. The molecular formula is C18H20N2O5S. The van der Waals surface area contributed by atoms with Gasteiger partial charge in [0.05, 0.1) is 17.7 Å². The molecule has 138 valence electrons. The van der Waals surface area contributed by atoms with Crippen molar-refractivity contribution in [3.8, 4) is 10.8 Å². The number of aromatic nitrogens is 1. The van der Waals surface area contributed by atoms with E-state index in [1.54, 1.807) is 11.8 Å². The summed E-state index contributed by atoms with van der Waals surface area (Å²) in [5.74, 6) is 0.254. The van der Waals surface area contributed by atoms with E-state index in [0.717, 1.165) is 5.76 Å². The van der Waals surface area contributed by atoms with Crippen LogP contribution in [0.5, 0.6) is 0 Å². The predicted molar refractivity (Wildman–Crippen MR) is 94.2 cm³/mol. The predicted octanol–water partition coefficient (Wildman–Crippen LogP) is 2.58. The van der Waals surface area contributed by atoms with E-state index in [1.165, 1.54) is 11.3 Å². The lowest BCUT2D eigenvalue weighted by atomic mass is 9.74. The third-order valence-corrected chi connectivity index (χ3v) is 6.52. The largest absolute Gasteiger partial charge is 0.481 e. The minimum absolute atomic E-state index is 0.162. The SMILES string of the molecule is Cc1ccc(-c2nc(C)c(C(=O)N3C[C@H]4COCC[C@@]4(C(=O)O)C3)s2)o1. The van der Waals surface area contributed by atoms with Crippen molar-refractivity contribution in [3.05, 3.63) is 28.5 Å². The molecule has 4 rings (SSSR count). The highest BCUT2D eigenvalue weighted by molar-refractivity contribution is 7.17. The van der Waals surface area contributed by atoms with Gasteiger partial charge in [-0.3, -0.25) is 9.59 Å². The van der Waals surface area contributed by atoms with Gasteiger partial charge in [0.15, 0.2) is 10.8 Å². The van der Waals surface area contributed by atoms with Crippen LogP contribution < -0.4 is 0 Å². The number of hydrogen-bond donors (Lipinski definition) is 1. The molecule has 8 heteroatoms. The maximum atomic E-state index is 13.1. The number of carbonyl (C=O) groups excluding carboxylic acids is 1. The van der Waals surface area contributed by atoms with Crippen LogP contribution in [-0.4, -0.2) is 53.2 Å². The van der Waals surface area contributed by atoms with Crippen molar-refractivity contribution in [1.82, 2.24) is 9.88 Å². The molecular weight excluding hydrogens is 356 g/mol. The van der Waals surface area contributed by atoms with Gasteiger partial charge in [0, 0.05) is 25.6 Å². The molecule has 0 bridgehead atoms. The highest BCUT2D eigenvalue weighted by Crippen LogP contribution is 2.43. The Morgan fingerprint density at radius 3 is 2.85 bits per heavy atom. The van der Waals surface area contributed by atoms with Gasteiger partial charge in [0.1, 0.15) is 10.6 Å². The molecule has 0 unspecified atom stereocenters. The number of thiazole rings is 1. The molecule has 0 spiro atoms. The average molecular weight is 376 g/mol. The zero-order valence-corrected chi connectivity index (χ0v) is 15.5. The van der Waals surface area contributed by atoms with Gasteiger partial charge in [0.2, 0.25) is 0 Å². The fraction of sp³-hybridized carbons (Fsp3) is 0.500. The topological polar surface area (TPSA) is 92.9 Å². The molecule has 26 heavy (non-hydrogen) atoms. The fourth-order valence-corrected chi connectivity index (χ4v) is 4.84. The van der Waals surface area contributed by atoms with Crippen LogP contribution in [-0.2, 0) is 9.53 Å². The van der Waals surface area contributed by atoms with E-state index in [1.807, 2.05) is 19.1 Å². The van der Waals surface area contributed by atoms with E-state index >= 15 is 0 Å². The molecule has 7 nitrogen and oxygen atoms in total. The lowest BCUT2D eigenvalue weighted by molar-refractivity contribution is -0.157. The quantitative estimate of drug-likeness (QED) is 0.885. The smallest absolute Gasteiger partial charge is 0.311 e. The lowest BCUT2D eigenvalue weighted by Crippen LogP contribution is -2.45. The summed E-state index contributed by atoms with van der Waals surface area (Å²) < 4.78 is 11.1. The van der Waals surface area contributed by atoms with Crippen molar-refractivity contribution in [2.24, 2.45) is 11.3 Å². The number of ether oxygens (including phenoxy) is 1. The van der Waals surface area contributed by atoms with Crippen molar-refractivity contribution in [3.63, 3.8) is 0 Å². The van der Waals surface area contributed by atoms with Gasteiger partial charge in [-0.2, -0.15) is 0 Å². The Bertz CT molecular complexity index is 873. The number of fused-ring (bicyclic) bond motifs is 1. The Hall–Kier alpha value is -2.19. The van der Waals surface area contributed by atoms with Gasteiger partial charge in [-0.15, -0.1) is 11.3 Å². The Morgan fingerprint density at radius 1 is 1.38 bits per heavy atom. The second kappa shape index (κ2) is 6.21. The van der Waals surface area contributed by atoms with Gasteiger partial charge in [0.25, 0.3) is 5.91 Å². The number of amides is 1. The second-order valence-corrected chi connectivity index (χ2v) is 8.01. The minimum atomic E-state index is -0.895. The van der Waals surface area contributed by atoms with E-state index in [9.17, 15) is 14.7 Å². The van der Waals surface area contributed by atoms with Crippen molar-refractivity contribution in [2.75, 3.05) is 26.3 Å². The van der Waals surface area contributed by atoms with Gasteiger partial charge < -0.3 is 19.2 Å². The fourth-order valence-electron chi connectivity index (χ4n) is 3.85. The first-order valence-electron chi connectivity index (χ1n) is 8.55. The molecule has 2 aliphatic heterocycles. The lowest BCUT2D eigenvalue weighted by Gasteiger charge is -2.33. The van der Waals surface area contributed by atoms with Crippen molar-refractivity contribution < 1.29 is 23.8 Å². The van der Waals surface area contributed by atoms with Gasteiger partial charge in [-0.25, -0.2) is 4.98 Å². The summed E-state index contributed by atoms with van der Waals surface area (Å²) in [6, 6.07) is 3.69. The zero-order chi connectivity index (χ0) is 18.5. The molecule has 1 amide bonds. The molecule has 4 heterocycles. The molecule has 2 aromatic rings. The van der Waals surface area contributed by atoms with Crippen molar-refractivity contribution in [1.29, 1.82) is 0 Å². The van der Waals surface area contributed by atoms with Crippen LogP contribution in [0, 0.1) is 25.2 Å². The number of carboxylic acid groups (broad SMARTS) is 1. The molecule has 0 aromatic carbocycles. The van der Waals surface area contributed by atoms with Gasteiger partial charge in [-0.05, 0) is 32.4 Å². The summed E-state index contributed by atoms with van der Waals surface area (Å²) in [6.07, 6.45) is 0.440. The zero-order valence-electron chi connectivity index (χ0n) is 14.7. The van der Waals surface area contributed by atoms with E-state index in [4.69, 9.17) is 9.15 Å². The Morgan fingerprint density at radius 2 is 2.19 bits per heavy atom. The first kappa shape index (κ1) is 17.2. The summed E-state index contributed by atoms with van der Waals surface area (Å²) in [7, 11) is 0. The number of carboxylic acids is 1. The first-order valence-corrected chi connectivity index (χ1v) is 9.37. The second-order valence-electron chi connectivity index (χ2n) is 7.01. The van der Waals surface area contributed by atoms with Crippen LogP contribution in [0.1, 0.15) is 27.5 Å².